The second-order valence-corrected chi connectivity index (χ2v) is 8.46. The van der Waals surface area contributed by atoms with Gasteiger partial charge < -0.3 is 9.73 Å². The molecule has 0 unspecified atom stereocenters. The third-order valence-corrected chi connectivity index (χ3v) is 6.09. The van der Waals surface area contributed by atoms with Gasteiger partial charge in [0.25, 0.3) is 5.56 Å². The van der Waals surface area contributed by atoms with Crippen molar-refractivity contribution >= 4 is 28.7 Å². The summed E-state index contributed by atoms with van der Waals surface area (Å²) in [5.41, 5.74) is 3.75. The van der Waals surface area contributed by atoms with Crippen molar-refractivity contribution in [3.05, 3.63) is 75.6 Å². The Morgan fingerprint density at radius 2 is 1.97 bits per heavy atom. The molecule has 8 nitrogen and oxygen atoms in total. The number of hydrogen-bond acceptors (Lipinski definition) is 6. The lowest BCUT2D eigenvalue weighted by Gasteiger charge is -2.13. The molecule has 0 spiro atoms. The Morgan fingerprint density at radius 1 is 1.19 bits per heavy atom. The van der Waals surface area contributed by atoms with E-state index in [1.54, 1.807) is 27.6 Å². The zero-order valence-electron chi connectivity index (χ0n) is 18.3. The fraction of sp³-hybridized carbons (Fsp3) is 0.304. The minimum Gasteiger partial charge on any atom is -0.467 e. The molecule has 0 atom stereocenters. The number of carbonyl (C=O) groups is 1. The Labute approximate surface area is 189 Å². The Bertz CT molecular complexity index is 1290. The lowest BCUT2D eigenvalue weighted by molar-refractivity contribution is -0.118. The topological polar surface area (TPSA) is 94.9 Å². The molecule has 9 heteroatoms. The molecule has 1 amide bonds. The molecule has 166 valence electrons. The molecule has 0 fully saturated rings. The number of amides is 1. The molecule has 0 radical (unpaired) electrons. The number of fused-ring (bicyclic) bond motifs is 1. The maximum Gasteiger partial charge on any atom is 0.280 e. The summed E-state index contributed by atoms with van der Waals surface area (Å²) >= 11 is 1.24. The first-order valence-corrected chi connectivity index (χ1v) is 11.4. The van der Waals surface area contributed by atoms with Gasteiger partial charge in [0.2, 0.25) is 5.91 Å². The highest BCUT2D eigenvalue weighted by Gasteiger charge is 2.19. The molecule has 4 rings (SSSR count). The second-order valence-electron chi connectivity index (χ2n) is 7.51. The number of carbonyl (C=O) groups excluding carboxylic acids is 1. The molecule has 4 aromatic rings. The lowest BCUT2D eigenvalue weighted by atomic mass is 10.1. The molecule has 1 aromatic carbocycles. The predicted molar refractivity (Wildman–Crippen MR) is 124 cm³/mol. The van der Waals surface area contributed by atoms with Crippen LogP contribution in [0.4, 0.5) is 0 Å². The van der Waals surface area contributed by atoms with Gasteiger partial charge in [0.1, 0.15) is 11.3 Å². The minimum absolute atomic E-state index is 0.132. The van der Waals surface area contributed by atoms with E-state index in [1.807, 2.05) is 45.0 Å². The van der Waals surface area contributed by atoms with Gasteiger partial charge in [0, 0.05) is 6.54 Å². The summed E-state index contributed by atoms with van der Waals surface area (Å²) in [4.78, 5) is 30.6. The quantitative estimate of drug-likeness (QED) is 0.326. The summed E-state index contributed by atoms with van der Waals surface area (Å²) < 4.78 is 8.56. The molecular weight excluding hydrogens is 426 g/mol. The summed E-state index contributed by atoms with van der Waals surface area (Å²) in [6, 6.07) is 11.6. The van der Waals surface area contributed by atoms with Crippen LogP contribution in [0.15, 0.2) is 57.0 Å². The standard InChI is InChI=1S/C23H25N5O3S/c1-4-28-21-20(16(3)26-28)25-23(32-14-19(29)24-12-18-6-5-11-31-18)27(22(21)30)13-17-9-7-15(2)8-10-17/h5-11H,4,12-14H2,1-3H3,(H,24,29). The Hall–Kier alpha value is -3.33. The maximum absolute atomic E-state index is 13.5. The van der Waals surface area contributed by atoms with Crippen molar-refractivity contribution in [3.63, 3.8) is 0 Å². The lowest BCUT2D eigenvalue weighted by Crippen LogP contribution is -2.27. The van der Waals surface area contributed by atoms with E-state index in [2.05, 4.69) is 10.4 Å². The number of thioether (sulfide) groups is 1. The number of nitrogens with one attached hydrogen (secondary N) is 1. The molecule has 0 aliphatic heterocycles. The zero-order chi connectivity index (χ0) is 22.7. The number of furan rings is 1. The van der Waals surface area contributed by atoms with Crippen molar-refractivity contribution in [2.45, 2.75) is 45.6 Å². The Kier molecular flexibility index (Phi) is 6.45. The maximum atomic E-state index is 13.5. The normalized spacial score (nSPS) is 11.2. The van der Waals surface area contributed by atoms with Gasteiger partial charge in [-0.1, -0.05) is 41.6 Å². The summed E-state index contributed by atoms with van der Waals surface area (Å²) in [6.07, 6.45) is 1.57. The van der Waals surface area contributed by atoms with Crippen LogP contribution in [0.2, 0.25) is 0 Å². The van der Waals surface area contributed by atoms with Gasteiger partial charge in [-0.2, -0.15) is 5.10 Å². The first-order valence-electron chi connectivity index (χ1n) is 10.4. The van der Waals surface area contributed by atoms with Gasteiger partial charge in [-0.15, -0.1) is 0 Å². The average Bonchev–Trinajstić information content (AvgIpc) is 3.42. The summed E-state index contributed by atoms with van der Waals surface area (Å²) in [6.45, 7) is 7.07. The van der Waals surface area contributed by atoms with Crippen LogP contribution in [-0.4, -0.2) is 31.0 Å². The van der Waals surface area contributed by atoms with Crippen molar-refractivity contribution in [2.75, 3.05) is 5.75 Å². The largest absolute Gasteiger partial charge is 0.467 e. The van der Waals surface area contributed by atoms with Crippen molar-refractivity contribution in [1.82, 2.24) is 24.6 Å². The highest BCUT2D eigenvalue weighted by atomic mass is 32.2. The van der Waals surface area contributed by atoms with Crippen LogP contribution >= 0.6 is 11.8 Å². The van der Waals surface area contributed by atoms with Gasteiger partial charge in [-0.3, -0.25) is 18.8 Å². The fourth-order valence-electron chi connectivity index (χ4n) is 3.42. The van der Waals surface area contributed by atoms with Crippen LogP contribution in [0.1, 0.15) is 29.5 Å². The van der Waals surface area contributed by atoms with E-state index < -0.39 is 0 Å². The molecule has 0 saturated heterocycles. The van der Waals surface area contributed by atoms with Crippen molar-refractivity contribution < 1.29 is 9.21 Å². The van der Waals surface area contributed by atoms with Gasteiger partial charge in [0.05, 0.1) is 30.8 Å². The number of rotatable bonds is 8. The van der Waals surface area contributed by atoms with Gasteiger partial charge in [-0.05, 0) is 38.5 Å². The predicted octanol–water partition coefficient (Wildman–Crippen LogP) is 3.28. The average molecular weight is 452 g/mol. The first kappa shape index (κ1) is 21.9. The molecule has 32 heavy (non-hydrogen) atoms. The SMILES string of the molecule is CCn1nc(C)c2nc(SCC(=O)NCc3ccco3)n(Cc3ccc(C)cc3)c(=O)c21. The third kappa shape index (κ3) is 4.62. The molecule has 0 aliphatic carbocycles. The summed E-state index contributed by atoms with van der Waals surface area (Å²) in [7, 11) is 0. The third-order valence-electron chi connectivity index (χ3n) is 5.11. The molecular formula is C23H25N5O3S. The molecule has 0 aliphatic rings. The van der Waals surface area contributed by atoms with Crippen LogP contribution in [0, 0.1) is 13.8 Å². The van der Waals surface area contributed by atoms with E-state index in [1.165, 1.54) is 11.8 Å². The van der Waals surface area contributed by atoms with Crippen LogP contribution in [0.25, 0.3) is 11.0 Å². The highest BCUT2D eigenvalue weighted by molar-refractivity contribution is 7.99. The molecule has 3 aromatic heterocycles. The Balaban J connectivity index is 1.64. The van der Waals surface area contributed by atoms with Gasteiger partial charge in [0.15, 0.2) is 10.7 Å². The Morgan fingerprint density at radius 3 is 2.66 bits per heavy atom. The number of hydrogen-bond donors (Lipinski definition) is 1. The highest BCUT2D eigenvalue weighted by Crippen LogP contribution is 2.21. The molecule has 1 N–H and O–H groups in total. The van der Waals surface area contributed by atoms with E-state index in [0.29, 0.717) is 47.3 Å². The monoisotopic (exact) mass is 451 g/mol. The smallest absolute Gasteiger partial charge is 0.280 e. The molecule has 0 bridgehead atoms. The van der Waals surface area contributed by atoms with E-state index in [4.69, 9.17) is 9.40 Å². The fourth-order valence-corrected chi connectivity index (χ4v) is 4.24. The first-order chi connectivity index (χ1) is 15.5. The zero-order valence-corrected chi connectivity index (χ0v) is 19.1. The number of aromatic nitrogens is 4. The van der Waals surface area contributed by atoms with Gasteiger partial charge >= 0.3 is 0 Å². The van der Waals surface area contributed by atoms with Gasteiger partial charge in [-0.25, -0.2) is 4.98 Å². The van der Waals surface area contributed by atoms with Crippen LogP contribution in [-0.2, 0) is 24.4 Å². The summed E-state index contributed by atoms with van der Waals surface area (Å²) in [5, 5.41) is 7.78. The van der Waals surface area contributed by atoms with Crippen molar-refractivity contribution in [3.8, 4) is 0 Å². The number of aryl methyl sites for hydroxylation is 3. The van der Waals surface area contributed by atoms with Crippen molar-refractivity contribution in [2.24, 2.45) is 0 Å². The van der Waals surface area contributed by atoms with E-state index in [9.17, 15) is 9.59 Å². The van der Waals surface area contributed by atoms with Crippen LogP contribution in [0.5, 0.6) is 0 Å². The number of benzene rings is 1. The number of nitrogens with zero attached hydrogens (tertiary/aromatic N) is 4. The summed E-state index contributed by atoms with van der Waals surface area (Å²) in [5.74, 6) is 0.651. The van der Waals surface area contributed by atoms with E-state index >= 15 is 0 Å². The van der Waals surface area contributed by atoms with Crippen LogP contribution in [0.3, 0.4) is 0 Å². The molecule has 3 heterocycles. The molecule has 0 saturated carbocycles. The van der Waals surface area contributed by atoms with E-state index in [-0.39, 0.29) is 17.2 Å². The van der Waals surface area contributed by atoms with Crippen molar-refractivity contribution in [1.29, 1.82) is 0 Å². The van der Waals surface area contributed by atoms with Crippen LogP contribution < -0.4 is 10.9 Å². The second kappa shape index (κ2) is 9.44. The minimum atomic E-state index is -0.163. The van der Waals surface area contributed by atoms with E-state index in [0.717, 1.165) is 11.1 Å².